The molecule has 0 saturated heterocycles. The second-order valence-electron chi connectivity index (χ2n) is 5.33. The molecule has 1 aliphatic heterocycles. The van der Waals surface area contributed by atoms with Crippen LogP contribution in [0.15, 0.2) is 29.0 Å². The van der Waals surface area contributed by atoms with Crippen molar-refractivity contribution in [3.63, 3.8) is 0 Å². The molecule has 1 N–H and O–H groups in total. The Hall–Kier alpha value is -2.57. The van der Waals surface area contributed by atoms with E-state index in [9.17, 15) is 9.59 Å². The molecule has 0 radical (unpaired) electrons. The smallest absolute Gasteiger partial charge is 0.271 e. The topological polar surface area (TPSA) is 80.4 Å². The number of furan rings is 1. The Kier molecular flexibility index (Phi) is 3.70. The lowest BCUT2D eigenvalue weighted by atomic mass is 10.2. The van der Waals surface area contributed by atoms with Crippen LogP contribution in [0.4, 0.5) is 0 Å². The van der Waals surface area contributed by atoms with Crippen LogP contribution < -0.4 is 5.32 Å². The predicted octanol–water partition coefficient (Wildman–Crippen LogP) is 1.33. The maximum Gasteiger partial charge on any atom is 0.271 e. The number of nitrogens with one attached hydrogen (secondary N) is 1. The monoisotopic (exact) mass is 302 g/mol. The third-order valence-electron chi connectivity index (χ3n) is 3.87. The summed E-state index contributed by atoms with van der Waals surface area (Å²) in [5.74, 6) is 1.20. The Balaban J connectivity index is 1.73. The average molecular weight is 302 g/mol. The Morgan fingerprint density at radius 3 is 2.95 bits per heavy atom. The van der Waals surface area contributed by atoms with Gasteiger partial charge in [-0.05, 0) is 19.1 Å². The summed E-state index contributed by atoms with van der Waals surface area (Å²) >= 11 is 0. The first kappa shape index (κ1) is 14.4. The number of hydrogen-bond acceptors (Lipinski definition) is 4. The summed E-state index contributed by atoms with van der Waals surface area (Å²) in [6.07, 6.45) is 3.30. The number of hydrogen-bond donors (Lipinski definition) is 1. The van der Waals surface area contributed by atoms with Crippen LogP contribution in [0, 0.1) is 0 Å². The summed E-state index contributed by atoms with van der Waals surface area (Å²) in [5, 5.41) is 2.77. The third-order valence-corrected chi connectivity index (χ3v) is 3.87. The van der Waals surface area contributed by atoms with Gasteiger partial charge in [-0.15, -0.1) is 0 Å². The van der Waals surface area contributed by atoms with E-state index in [1.54, 1.807) is 36.4 Å². The van der Waals surface area contributed by atoms with Crippen LogP contribution in [0.1, 0.15) is 42.0 Å². The molecule has 3 heterocycles. The zero-order valence-electron chi connectivity index (χ0n) is 12.6. The summed E-state index contributed by atoms with van der Waals surface area (Å²) in [7, 11) is 0. The van der Waals surface area contributed by atoms with Crippen molar-refractivity contribution in [3.05, 3.63) is 41.9 Å². The van der Waals surface area contributed by atoms with E-state index >= 15 is 0 Å². The van der Waals surface area contributed by atoms with Crippen LogP contribution in [0.3, 0.4) is 0 Å². The predicted molar refractivity (Wildman–Crippen MR) is 77.9 cm³/mol. The van der Waals surface area contributed by atoms with Gasteiger partial charge in [0.15, 0.2) is 0 Å². The number of aromatic nitrogens is 2. The van der Waals surface area contributed by atoms with Gasteiger partial charge in [0.05, 0.1) is 18.8 Å². The first-order valence-corrected chi connectivity index (χ1v) is 7.21. The number of amides is 2. The first-order chi connectivity index (χ1) is 10.6. The zero-order chi connectivity index (χ0) is 15.7. The summed E-state index contributed by atoms with van der Waals surface area (Å²) in [5.41, 5.74) is 0.360. The van der Waals surface area contributed by atoms with Gasteiger partial charge in [-0.3, -0.25) is 9.59 Å². The lowest BCUT2D eigenvalue weighted by Gasteiger charge is -2.32. The molecule has 0 unspecified atom stereocenters. The highest BCUT2D eigenvalue weighted by molar-refractivity contribution is 5.92. The molecule has 2 aromatic heterocycles. The molecule has 22 heavy (non-hydrogen) atoms. The van der Waals surface area contributed by atoms with Gasteiger partial charge in [0.2, 0.25) is 5.91 Å². The summed E-state index contributed by atoms with van der Waals surface area (Å²) in [6.45, 7) is 5.07. The lowest BCUT2D eigenvalue weighted by Crippen LogP contribution is -2.39. The van der Waals surface area contributed by atoms with Crippen LogP contribution in [0.5, 0.6) is 0 Å². The number of carbonyl (C=O) groups is 2. The van der Waals surface area contributed by atoms with Crippen molar-refractivity contribution in [1.29, 1.82) is 0 Å². The minimum absolute atomic E-state index is 0.0190. The van der Waals surface area contributed by atoms with E-state index in [2.05, 4.69) is 10.3 Å². The largest absolute Gasteiger partial charge is 0.467 e. The van der Waals surface area contributed by atoms with Gasteiger partial charge in [-0.25, -0.2) is 4.98 Å². The molecule has 2 amide bonds. The second-order valence-corrected chi connectivity index (χ2v) is 5.33. The molecule has 0 spiro atoms. The minimum Gasteiger partial charge on any atom is -0.467 e. The zero-order valence-corrected chi connectivity index (χ0v) is 12.6. The lowest BCUT2D eigenvalue weighted by molar-refractivity contribution is -0.132. The molecular formula is C15H18N4O3. The Morgan fingerprint density at radius 2 is 2.27 bits per heavy atom. The first-order valence-electron chi connectivity index (χ1n) is 7.21. The van der Waals surface area contributed by atoms with Gasteiger partial charge in [-0.1, -0.05) is 0 Å². The molecule has 7 heteroatoms. The SMILES string of the molecule is CC(=O)N1CCn2cc(C(=O)NCc3ccco3)nc2[C@H]1C. The van der Waals surface area contributed by atoms with Crippen molar-refractivity contribution >= 4 is 11.8 Å². The normalized spacial score (nSPS) is 17.2. The molecule has 0 fully saturated rings. The molecule has 1 atom stereocenters. The molecule has 0 saturated carbocycles. The van der Waals surface area contributed by atoms with E-state index in [0.29, 0.717) is 31.1 Å². The Bertz CT molecular complexity index is 690. The number of carbonyl (C=O) groups excluding carboxylic acids is 2. The fraction of sp³-hybridized carbons (Fsp3) is 0.400. The van der Waals surface area contributed by atoms with E-state index in [1.165, 1.54) is 0 Å². The Labute approximate surface area is 127 Å². The van der Waals surface area contributed by atoms with Crippen LogP contribution in [-0.2, 0) is 17.9 Å². The maximum atomic E-state index is 12.2. The number of rotatable bonds is 3. The van der Waals surface area contributed by atoms with Gasteiger partial charge in [-0.2, -0.15) is 0 Å². The number of fused-ring (bicyclic) bond motifs is 1. The van der Waals surface area contributed by atoms with Crippen molar-refractivity contribution in [2.75, 3.05) is 6.54 Å². The van der Waals surface area contributed by atoms with Crippen LogP contribution >= 0.6 is 0 Å². The molecule has 0 bridgehead atoms. The van der Waals surface area contributed by atoms with Gasteiger partial charge in [0.1, 0.15) is 17.3 Å². The van der Waals surface area contributed by atoms with E-state index in [4.69, 9.17) is 4.42 Å². The van der Waals surface area contributed by atoms with E-state index in [1.807, 2.05) is 11.5 Å². The highest BCUT2D eigenvalue weighted by atomic mass is 16.3. The molecule has 1 aliphatic rings. The minimum atomic E-state index is -0.250. The third kappa shape index (κ3) is 2.61. The number of nitrogens with zero attached hydrogens (tertiary/aromatic N) is 3. The number of imidazole rings is 1. The molecule has 7 nitrogen and oxygen atoms in total. The van der Waals surface area contributed by atoms with E-state index in [0.717, 1.165) is 5.82 Å². The molecule has 116 valence electrons. The summed E-state index contributed by atoms with van der Waals surface area (Å²) in [6, 6.07) is 3.44. The standard InChI is InChI=1S/C15H18N4O3/c1-10-14-17-13(9-18(14)5-6-19(10)11(2)20)15(21)16-8-12-4-3-7-22-12/h3-4,7,9-10H,5-6,8H2,1-2H3,(H,16,21)/t10-/m1/s1. The quantitative estimate of drug-likeness (QED) is 0.927. The van der Waals surface area contributed by atoms with Gasteiger partial charge in [0.25, 0.3) is 5.91 Å². The van der Waals surface area contributed by atoms with Crippen molar-refractivity contribution in [3.8, 4) is 0 Å². The molecular weight excluding hydrogens is 284 g/mol. The van der Waals surface area contributed by atoms with Crippen molar-refractivity contribution < 1.29 is 14.0 Å². The second kappa shape index (κ2) is 5.67. The average Bonchev–Trinajstić information content (AvgIpc) is 3.14. The molecule has 3 rings (SSSR count). The maximum absolute atomic E-state index is 12.2. The van der Waals surface area contributed by atoms with Crippen LogP contribution in [-0.4, -0.2) is 32.8 Å². The molecule has 0 aliphatic carbocycles. The Morgan fingerprint density at radius 1 is 1.45 bits per heavy atom. The molecule has 0 aromatic carbocycles. The highest BCUT2D eigenvalue weighted by Crippen LogP contribution is 2.24. The van der Waals surface area contributed by atoms with Crippen molar-refractivity contribution in [2.45, 2.75) is 33.0 Å². The van der Waals surface area contributed by atoms with Gasteiger partial charge < -0.3 is 19.2 Å². The fourth-order valence-electron chi connectivity index (χ4n) is 2.70. The van der Waals surface area contributed by atoms with E-state index in [-0.39, 0.29) is 17.9 Å². The highest BCUT2D eigenvalue weighted by Gasteiger charge is 2.28. The van der Waals surface area contributed by atoms with Crippen molar-refractivity contribution in [2.24, 2.45) is 0 Å². The van der Waals surface area contributed by atoms with Gasteiger partial charge in [0, 0.05) is 26.2 Å². The van der Waals surface area contributed by atoms with Crippen LogP contribution in [0.2, 0.25) is 0 Å². The molecule has 2 aromatic rings. The van der Waals surface area contributed by atoms with Crippen molar-refractivity contribution in [1.82, 2.24) is 19.8 Å². The van der Waals surface area contributed by atoms with E-state index < -0.39 is 0 Å². The summed E-state index contributed by atoms with van der Waals surface area (Å²) in [4.78, 5) is 29.9. The van der Waals surface area contributed by atoms with Gasteiger partial charge >= 0.3 is 0 Å². The summed E-state index contributed by atoms with van der Waals surface area (Å²) < 4.78 is 7.11. The van der Waals surface area contributed by atoms with Crippen LogP contribution in [0.25, 0.3) is 0 Å². The fourth-order valence-corrected chi connectivity index (χ4v) is 2.70.